The minimum Gasteiger partial charge on any atom is -0.481 e. The number of benzene rings is 1. The Balaban J connectivity index is 1.35. The molecule has 0 aromatic heterocycles. The largest absolute Gasteiger partial charge is 0.481 e. The maximum absolute atomic E-state index is 12.6. The van der Waals surface area contributed by atoms with E-state index in [1.54, 1.807) is 0 Å². The second kappa shape index (κ2) is 6.42. The molecule has 0 spiro atoms. The molecule has 130 valence electrons. The average molecular weight is 327 g/mol. The smallest absolute Gasteiger partial charge is 0.261 e. The summed E-state index contributed by atoms with van der Waals surface area (Å²) < 4.78 is 5.88. The molecule has 4 aliphatic rings. The molecule has 3 heteroatoms. The number of hydrogen-bond acceptors (Lipinski definition) is 2. The summed E-state index contributed by atoms with van der Waals surface area (Å²) in [5, 5.41) is 3.25. The van der Waals surface area contributed by atoms with E-state index in [0.717, 1.165) is 30.0 Å². The summed E-state index contributed by atoms with van der Waals surface area (Å²) in [6.45, 7) is 2.86. The fourth-order valence-electron chi connectivity index (χ4n) is 5.88. The molecule has 0 heterocycles. The maximum atomic E-state index is 12.6. The van der Waals surface area contributed by atoms with Gasteiger partial charge in [-0.15, -0.1) is 0 Å². The van der Waals surface area contributed by atoms with Crippen molar-refractivity contribution in [1.82, 2.24) is 5.32 Å². The molecule has 1 aromatic carbocycles. The van der Waals surface area contributed by atoms with Crippen LogP contribution < -0.4 is 10.1 Å². The van der Waals surface area contributed by atoms with Crippen molar-refractivity contribution in [3.63, 3.8) is 0 Å². The van der Waals surface area contributed by atoms with Crippen LogP contribution >= 0.6 is 0 Å². The Morgan fingerprint density at radius 3 is 2.25 bits per heavy atom. The Hall–Kier alpha value is -1.51. The quantitative estimate of drug-likeness (QED) is 0.851. The Kier molecular flexibility index (Phi) is 4.28. The highest BCUT2D eigenvalue weighted by atomic mass is 16.5. The molecule has 3 nitrogen and oxygen atoms in total. The van der Waals surface area contributed by atoms with E-state index in [1.165, 1.54) is 38.5 Å². The van der Waals surface area contributed by atoms with Gasteiger partial charge in [-0.1, -0.05) is 25.1 Å². The first kappa shape index (κ1) is 16.0. The van der Waals surface area contributed by atoms with Gasteiger partial charge in [-0.25, -0.2) is 0 Å². The number of ether oxygens (including phenoxy) is 1. The highest BCUT2D eigenvalue weighted by molar-refractivity contribution is 5.81. The first-order valence-corrected chi connectivity index (χ1v) is 9.65. The van der Waals surface area contributed by atoms with Crippen molar-refractivity contribution in [3.8, 4) is 5.75 Å². The topological polar surface area (TPSA) is 38.3 Å². The number of carbonyl (C=O) groups is 1. The van der Waals surface area contributed by atoms with Gasteiger partial charge in [-0.2, -0.15) is 0 Å². The molecule has 4 saturated carbocycles. The number of nitrogens with one attached hydrogen (secondary N) is 1. The van der Waals surface area contributed by atoms with Gasteiger partial charge in [-0.05, 0) is 80.2 Å². The Morgan fingerprint density at radius 2 is 1.71 bits per heavy atom. The van der Waals surface area contributed by atoms with Crippen LogP contribution in [-0.2, 0) is 4.79 Å². The number of rotatable bonds is 6. The monoisotopic (exact) mass is 327 g/mol. The molecule has 0 radical (unpaired) electrons. The van der Waals surface area contributed by atoms with E-state index < -0.39 is 0 Å². The number of amides is 1. The van der Waals surface area contributed by atoms with Crippen LogP contribution in [0, 0.1) is 23.2 Å². The van der Waals surface area contributed by atoms with Crippen LogP contribution in [0.4, 0.5) is 0 Å². The van der Waals surface area contributed by atoms with Gasteiger partial charge in [0.1, 0.15) is 5.75 Å². The Labute approximate surface area is 145 Å². The van der Waals surface area contributed by atoms with Gasteiger partial charge in [-0.3, -0.25) is 4.79 Å². The lowest BCUT2D eigenvalue weighted by atomic mass is 9.49. The van der Waals surface area contributed by atoms with E-state index in [0.29, 0.717) is 11.8 Å². The highest BCUT2D eigenvalue weighted by Crippen LogP contribution is 2.59. The zero-order chi connectivity index (χ0) is 16.6. The third-order valence-corrected chi connectivity index (χ3v) is 6.49. The molecular formula is C21H29NO2. The van der Waals surface area contributed by atoms with Gasteiger partial charge in [0, 0.05) is 6.54 Å². The van der Waals surface area contributed by atoms with Crippen molar-refractivity contribution >= 4 is 5.91 Å². The minimum atomic E-state index is -0.388. The van der Waals surface area contributed by atoms with Crippen molar-refractivity contribution in [2.75, 3.05) is 6.54 Å². The van der Waals surface area contributed by atoms with Gasteiger partial charge >= 0.3 is 0 Å². The highest BCUT2D eigenvalue weighted by Gasteiger charge is 2.50. The lowest BCUT2D eigenvalue weighted by molar-refractivity contribution is -0.130. The van der Waals surface area contributed by atoms with Crippen molar-refractivity contribution in [2.24, 2.45) is 23.2 Å². The summed E-state index contributed by atoms with van der Waals surface area (Å²) in [6, 6.07) is 9.66. The molecule has 0 aliphatic heterocycles. The molecule has 0 saturated heterocycles. The van der Waals surface area contributed by atoms with Gasteiger partial charge in [0.15, 0.2) is 6.10 Å². The predicted octanol–water partition coefficient (Wildman–Crippen LogP) is 4.18. The van der Waals surface area contributed by atoms with E-state index in [1.807, 2.05) is 37.3 Å². The van der Waals surface area contributed by atoms with Gasteiger partial charge in [0.2, 0.25) is 0 Å². The molecule has 1 atom stereocenters. The summed E-state index contributed by atoms with van der Waals surface area (Å²) in [4.78, 5) is 12.6. The summed E-state index contributed by atoms with van der Waals surface area (Å²) in [6.07, 6.45) is 8.63. The van der Waals surface area contributed by atoms with E-state index >= 15 is 0 Å². The Bertz CT molecular complexity index is 547. The van der Waals surface area contributed by atoms with Crippen molar-refractivity contribution in [2.45, 2.75) is 58.0 Å². The number of hydrogen-bond donors (Lipinski definition) is 1. The molecule has 24 heavy (non-hydrogen) atoms. The summed E-state index contributed by atoms with van der Waals surface area (Å²) in [5.41, 5.74) is 0.384. The minimum absolute atomic E-state index is 0.0529. The van der Waals surface area contributed by atoms with Gasteiger partial charge in [0.25, 0.3) is 5.91 Å². The third kappa shape index (κ3) is 3.18. The molecule has 1 amide bonds. The molecule has 1 aromatic rings. The van der Waals surface area contributed by atoms with Gasteiger partial charge < -0.3 is 10.1 Å². The normalized spacial score (nSPS) is 34.8. The van der Waals surface area contributed by atoms with Crippen LogP contribution in [0.2, 0.25) is 0 Å². The molecule has 4 fully saturated rings. The Morgan fingerprint density at radius 1 is 1.12 bits per heavy atom. The first-order chi connectivity index (χ1) is 11.7. The number of carbonyl (C=O) groups excluding carboxylic acids is 1. The fraction of sp³-hybridized carbons (Fsp3) is 0.667. The van der Waals surface area contributed by atoms with E-state index in [2.05, 4.69) is 5.32 Å². The van der Waals surface area contributed by atoms with Crippen LogP contribution in [0.1, 0.15) is 51.9 Å². The van der Waals surface area contributed by atoms with Crippen molar-refractivity contribution in [1.29, 1.82) is 0 Å². The fourth-order valence-corrected chi connectivity index (χ4v) is 5.88. The molecule has 4 bridgehead atoms. The van der Waals surface area contributed by atoms with Crippen LogP contribution in [-0.4, -0.2) is 18.6 Å². The zero-order valence-electron chi connectivity index (χ0n) is 14.7. The van der Waals surface area contributed by atoms with Crippen LogP contribution in [0.3, 0.4) is 0 Å². The van der Waals surface area contributed by atoms with Crippen LogP contribution in [0.15, 0.2) is 30.3 Å². The summed E-state index contributed by atoms with van der Waals surface area (Å²) in [5.74, 6) is 3.61. The molecular weight excluding hydrogens is 298 g/mol. The predicted molar refractivity (Wildman–Crippen MR) is 94.8 cm³/mol. The second-order valence-corrected chi connectivity index (χ2v) is 8.46. The molecule has 1 N–H and O–H groups in total. The molecule has 0 unspecified atom stereocenters. The second-order valence-electron chi connectivity index (χ2n) is 8.46. The maximum Gasteiger partial charge on any atom is 0.261 e. The average Bonchev–Trinajstić information content (AvgIpc) is 2.57. The van der Waals surface area contributed by atoms with Crippen LogP contribution in [0.25, 0.3) is 0 Å². The van der Waals surface area contributed by atoms with Crippen molar-refractivity contribution in [3.05, 3.63) is 30.3 Å². The zero-order valence-corrected chi connectivity index (χ0v) is 14.7. The molecule has 4 aliphatic carbocycles. The van der Waals surface area contributed by atoms with E-state index in [-0.39, 0.29) is 12.0 Å². The summed E-state index contributed by atoms with van der Waals surface area (Å²) >= 11 is 0. The SMILES string of the molecule is CC[C@@H](Oc1ccccc1)C(=O)NCC12CC3CC(CC(C3)C1)C2. The summed E-state index contributed by atoms with van der Waals surface area (Å²) in [7, 11) is 0. The van der Waals surface area contributed by atoms with Crippen LogP contribution in [0.5, 0.6) is 5.75 Å². The number of para-hydroxylation sites is 1. The van der Waals surface area contributed by atoms with E-state index in [4.69, 9.17) is 4.74 Å². The lowest BCUT2D eigenvalue weighted by Crippen LogP contribution is -2.52. The standard InChI is InChI=1S/C21H29NO2/c1-2-19(24-18-6-4-3-5-7-18)20(23)22-14-21-11-15-8-16(12-21)10-17(9-15)13-21/h3-7,15-17,19H,2,8-14H2,1H3,(H,22,23)/t15?,16?,17?,19-,21?/m1/s1. The van der Waals surface area contributed by atoms with Gasteiger partial charge in [0.05, 0.1) is 0 Å². The molecule has 5 rings (SSSR count). The third-order valence-electron chi connectivity index (χ3n) is 6.49. The van der Waals surface area contributed by atoms with E-state index in [9.17, 15) is 4.79 Å². The van der Waals surface area contributed by atoms with Crippen molar-refractivity contribution < 1.29 is 9.53 Å². The first-order valence-electron chi connectivity index (χ1n) is 9.65. The lowest BCUT2D eigenvalue weighted by Gasteiger charge is -2.57.